The highest BCUT2D eigenvalue weighted by Gasteiger charge is 2.25. The Morgan fingerprint density at radius 2 is 2.03 bits per heavy atom. The Bertz CT molecular complexity index is 1090. The van der Waals surface area contributed by atoms with E-state index in [1.165, 1.54) is 17.7 Å². The number of nitrogens with zero attached hydrogens (tertiary/aromatic N) is 2. The molecule has 0 aliphatic carbocycles. The minimum atomic E-state index is -1.20. The van der Waals surface area contributed by atoms with Crippen molar-refractivity contribution in [2.75, 3.05) is 31.5 Å². The fraction of sp³-hybridized carbons (Fsp3) is 0.519. The van der Waals surface area contributed by atoms with Gasteiger partial charge in [0.15, 0.2) is 0 Å². The molecule has 2 aromatic rings. The number of fused-ring (bicyclic) bond motifs is 1. The number of carboxylic acid groups (broad SMARTS) is 1. The Balaban J connectivity index is 1.54. The molecule has 10 heteroatoms. The van der Waals surface area contributed by atoms with Crippen LogP contribution in [0, 0.1) is 5.82 Å². The van der Waals surface area contributed by atoms with Crippen molar-refractivity contribution in [2.45, 2.75) is 64.0 Å². The van der Waals surface area contributed by atoms with Gasteiger partial charge in [0.2, 0.25) is 0 Å². The molecule has 4 N–H and O–H groups in total. The molecule has 0 saturated heterocycles. The predicted octanol–water partition coefficient (Wildman–Crippen LogP) is 3.90. The molecule has 3 rings (SSSR count). The van der Waals surface area contributed by atoms with Gasteiger partial charge in [-0.2, -0.15) is 0 Å². The Labute approximate surface area is 222 Å². The maximum atomic E-state index is 13.7. The maximum absolute atomic E-state index is 13.7. The third kappa shape index (κ3) is 8.94. The molecule has 1 atom stereocenters. The molecule has 0 spiro atoms. The molecule has 1 amide bonds. The van der Waals surface area contributed by atoms with E-state index in [1.54, 1.807) is 13.8 Å². The van der Waals surface area contributed by atoms with E-state index in [4.69, 9.17) is 16.6 Å². The van der Waals surface area contributed by atoms with Crippen LogP contribution in [-0.4, -0.2) is 69.8 Å². The number of aliphatic hydroxyl groups is 1. The number of nitrogens with one attached hydrogen (secondary N) is 2. The number of aliphatic carboxylic acids is 1. The number of hydrogen-bond acceptors (Lipinski definition) is 6. The largest absolute Gasteiger partial charge is 0.480 e. The van der Waals surface area contributed by atoms with Crippen LogP contribution in [0.5, 0.6) is 0 Å². The number of rotatable bonds is 13. The van der Waals surface area contributed by atoms with E-state index in [0.29, 0.717) is 19.6 Å². The van der Waals surface area contributed by atoms with Gasteiger partial charge in [0.25, 0.3) is 5.91 Å². The first-order valence-corrected chi connectivity index (χ1v) is 13.1. The zero-order chi connectivity index (χ0) is 27.0. The van der Waals surface area contributed by atoms with Gasteiger partial charge >= 0.3 is 5.97 Å². The Morgan fingerprint density at radius 3 is 2.76 bits per heavy atom. The zero-order valence-corrected chi connectivity index (χ0v) is 22.2. The first-order valence-electron chi connectivity index (χ1n) is 12.7. The monoisotopic (exact) mass is 534 g/mol. The molecule has 1 unspecified atom stereocenters. The highest BCUT2D eigenvalue weighted by Crippen LogP contribution is 2.21. The average Bonchev–Trinajstić information content (AvgIpc) is 2.84. The molecule has 0 radical (unpaired) electrons. The SMILES string of the molecule is CC(C)(O)CN(CCCCc1ccc2c(n1)NCCC2)CCC(NC(=O)c1cccc(F)c1Cl)C(=O)O. The fourth-order valence-electron chi connectivity index (χ4n) is 4.45. The number of benzene rings is 1. The summed E-state index contributed by atoms with van der Waals surface area (Å²) in [5.74, 6) is -1.72. The molecular weight excluding hydrogens is 499 g/mol. The maximum Gasteiger partial charge on any atom is 0.326 e. The Kier molecular flexibility index (Phi) is 10.3. The molecule has 8 nitrogen and oxygen atoms in total. The predicted molar refractivity (Wildman–Crippen MR) is 142 cm³/mol. The third-order valence-corrected chi connectivity index (χ3v) is 6.64. The van der Waals surface area contributed by atoms with E-state index < -0.39 is 29.3 Å². The van der Waals surface area contributed by atoms with Crippen molar-refractivity contribution in [3.63, 3.8) is 0 Å². The van der Waals surface area contributed by atoms with Gasteiger partial charge in [-0.15, -0.1) is 0 Å². The zero-order valence-electron chi connectivity index (χ0n) is 21.4. The Hall–Kier alpha value is -2.75. The number of pyridine rings is 1. The summed E-state index contributed by atoms with van der Waals surface area (Å²) < 4.78 is 13.7. The van der Waals surface area contributed by atoms with Crippen LogP contribution in [0.1, 0.15) is 61.1 Å². The van der Waals surface area contributed by atoms with Gasteiger partial charge in [-0.25, -0.2) is 14.2 Å². The second-order valence-electron chi connectivity index (χ2n) is 10.1. The number of anilines is 1. The van der Waals surface area contributed by atoms with E-state index in [-0.39, 0.29) is 17.0 Å². The van der Waals surface area contributed by atoms with Gasteiger partial charge in [0.05, 0.1) is 16.2 Å². The van der Waals surface area contributed by atoms with E-state index in [0.717, 1.165) is 56.2 Å². The molecule has 37 heavy (non-hydrogen) atoms. The van der Waals surface area contributed by atoms with E-state index in [9.17, 15) is 24.2 Å². The molecule has 1 aromatic heterocycles. The van der Waals surface area contributed by atoms with Crippen LogP contribution in [-0.2, 0) is 17.6 Å². The minimum absolute atomic E-state index is 0.113. The normalized spacial score (nSPS) is 14.1. The molecule has 1 aromatic carbocycles. The summed E-state index contributed by atoms with van der Waals surface area (Å²) in [7, 11) is 0. The van der Waals surface area contributed by atoms with Crippen LogP contribution in [0.3, 0.4) is 0 Å². The Morgan fingerprint density at radius 1 is 1.24 bits per heavy atom. The fourth-order valence-corrected chi connectivity index (χ4v) is 4.66. The van der Waals surface area contributed by atoms with Gasteiger partial charge in [0, 0.05) is 25.3 Å². The lowest BCUT2D eigenvalue weighted by atomic mass is 10.1. The summed E-state index contributed by atoms with van der Waals surface area (Å²) in [6.45, 7) is 5.70. The molecule has 1 aliphatic heterocycles. The lowest BCUT2D eigenvalue weighted by molar-refractivity contribution is -0.139. The van der Waals surface area contributed by atoms with Crippen LogP contribution in [0.2, 0.25) is 5.02 Å². The number of amides is 1. The molecule has 1 aliphatic rings. The second-order valence-corrected chi connectivity index (χ2v) is 10.5. The second kappa shape index (κ2) is 13.2. The van der Waals surface area contributed by atoms with Crippen LogP contribution >= 0.6 is 11.6 Å². The number of halogens is 2. The summed E-state index contributed by atoms with van der Waals surface area (Å²) >= 11 is 5.87. The third-order valence-electron chi connectivity index (χ3n) is 6.25. The highest BCUT2D eigenvalue weighted by atomic mass is 35.5. The van der Waals surface area contributed by atoms with Crippen LogP contribution < -0.4 is 10.6 Å². The first-order chi connectivity index (χ1) is 17.5. The van der Waals surface area contributed by atoms with E-state index in [1.807, 2.05) is 4.90 Å². The van der Waals surface area contributed by atoms with Crippen molar-refractivity contribution < 1.29 is 24.2 Å². The molecule has 2 heterocycles. The number of aryl methyl sites for hydroxylation is 2. The topological polar surface area (TPSA) is 115 Å². The minimum Gasteiger partial charge on any atom is -0.480 e. The van der Waals surface area contributed by atoms with Gasteiger partial charge in [-0.3, -0.25) is 4.79 Å². The smallest absolute Gasteiger partial charge is 0.326 e. The number of hydrogen-bond donors (Lipinski definition) is 4. The summed E-state index contributed by atoms with van der Waals surface area (Å²) in [5, 5.41) is 25.5. The number of unbranched alkanes of at least 4 members (excludes halogenated alkanes) is 1. The number of aromatic nitrogens is 1. The standard InChI is InChI=1S/C27H36ClFN4O4/c1-27(2,37)17-33(15-4-3-8-19-12-11-18-7-6-14-30-24(18)31-19)16-13-22(26(35)36)32-25(34)20-9-5-10-21(29)23(20)28/h5,9-12,22,37H,3-4,6-8,13-17H2,1-2H3,(H,30,31)(H,32,34)(H,35,36). The van der Waals surface area contributed by atoms with Crippen molar-refractivity contribution in [3.05, 3.63) is 58.0 Å². The summed E-state index contributed by atoms with van der Waals surface area (Å²) in [6, 6.07) is 6.83. The van der Waals surface area contributed by atoms with Crippen molar-refractivity contribution >= 4 is 29.3 Å². The van der Waals surface area contributed by atoms with E-state index >= 15 is 0 Å². The van der Waals surface area contributed by atoms with Crippen molar-refractivity contribution in [2.24, 2.45) is 0 Å². The number of carbonyl (C=O) groups excluding carboxylic acids is 1. The molecule has 202 valence electrons. The highest BCUT2D eigenvalue weighted by molar-refractivity contribution is 6.34. The molecule has 0 fully saturated rings. The van der Waals surface area contributed by atoms with Gasteiger partial charge < -0.3 is 25.7 Å². The quantitative estimate of drug-likeness (QED) is 0.288. The van der Waals surface area contributed by atoms with Gasteiger partial charge in [0.1, 0.15) is 17.7 Å². The van der Waals surface area contributed by atoms with Crippen LogP contribution in [0.25, 0.3) is 0 Å². The lowest BCUT2D eigenvalue weighted by Crippen LogP contribution is -2.45. The molecular formula is C27H36ClFN4O4. The summed E-state index contributed by atoms with van der Waals surface area (Å²) in [6.07, 6.45) is 4.84. The average molecular weight is 535 g/mol. The van der Waals surface area contributed by atoms with Gasteiger partial charge in [-0.1, -0.05) is 23.7 Å². The number of carboxylic acids is 1. The summed E-state index contributed by atoms with van der Waals surface area (Å²) in [5.41, 5.74) is 1.20. The first kappa shape index (κ1) is 28.8. The molecule has 0 saturated carbocycles. The molecule has 0 bridgehead atoms. The van der Waals surface area contributed by atoms with Crippen molar-refractivity contribution in [3.8, 4) is 0 Å². The van der Waals surface area contributed by atoms with Crippen LogP contribution in [0.15, 0.2) is 30.3 Å². The van der Waals surface area contributed by atoms with Crippen molar-refractivity contribution in [1.29, 1.82) is 0 Å². The lowest BCUT2D eigenvalue weighted by Gasteiger charge is -2.30. The van der Waals surface area contributed by atoms with Gasteiger partial charge in [-0.05, 0) is 82.7 Å². The van der Waals surface area contributed by atoms with E-state index in [2.05, 4.69) is 22.8 Å². The number of carbonyl (C=O) groups is 2. The van der Waals surface area contributed by atoms with Crippen molar-refractivity contribution in [1.82, 2.24) is 15.2 Å². The van der Waals surface area contributed by atoms with Crippen LogP contribution in [0.4, 0.5) is 10.2 Å². The summed E-state index contributed by atoms with van der Waals surface area (Å²) in [4.78, 5) is 31.1.